The normalized spacial score (nSPS) is 18.3. The summed E-state index contributed by atoms with van der Waals surface area (Å²) in [6.45, 7) is 1.13. The summed E-state index contributed by atoms with van der Waals surface area (Å²) in [5.74, 6) is 0.804. The summed E-state index contributed by atoms with van der Waals surface area (Å²) in [4.78, 5) is 11.4. The number of esters is 1. The number of benzene rings is 1. The van der Waals surface area contributed by atoms with E-state index in [0.29, 0.717) is 24.5 Å². The molecule has 0 spiro atoms. The van der Waals surface area contributed by atoms with Crippen LogP contribution in [0.15, 0.2) is 16.6 Å². The van der Waals surface area contributed by atoms with Crippen LogP contribution in [-0.2, 0) is 16.1 Å². The van der Waals surface area contributed by atoms with Crippen molar-refractivity contribution in [2.24, 2.45) is 0 Å². The van der Waals surface area contributed by atoms with E-state index >= 15 is 0 Å². The van der Waals surface area contributed by atoms with E-state index in [0.717, 1.165) is 16.6 Å². The molecule has 104 valence electrons. The number of rotatable bonds is 5. The van der Waals surface area contributed by atoms with Crippen molar-refractivity contribution < 1.29 is 19.0 Å². The van der Waals surface area contributed by atoms with Crippen LogP contribution in [0.2, 0.25) is 0 Å². The van der Waals surface area contributed by atoms with Gasteiger partial charge in [0, 0.05) is 13.0 Å². The van der Waals surface area contributed by atoms with Gasteiger partial charge in [-0.1, -0.05) is 0 Å². The van der Waals surface area contributed by atoms with Crippen LogP contribution < -0.4 is 14.8 Å². The van der Waals surface area contributed by atoms with E-state index in [4.69, 9.17) is 14.2 Å². The van der Waals surface area contributed by atoms with Gasteiger partial charge in [0.25, 0.3) is 0 Å². The van der Waals surface area contributed by atoms with E-state index in [1.807, 2.05) is 19.2 Å². The maximum atomic E-state index is 11.4. The largest absolute Gasteiger partial charge is 0.493 e. The molecule has 1 aromatic carbocycles. The minimum absolute atomic E-state index is 0.326. The standard InChI is InChI=1S/C13H16BrNO4/c1-15-7-8-5-9(14)12(11(6-8)17-2)19-10-3-4-18-13(10)16/h5-6,10,15H,3-4,7H2,1-2H3. The lowest BCUT2D eigenvalue weighted by Gasteiger charge is -2.16. The molecular formula is C13H16BrNO4. The molecule has 0 aromatic heterocycles. The third-order valence-electron chi connectivity index (χ3n) is 2.82. The second-order valence-corrected chi connectivity index (χ2v) is 5.06. The fourth-order valence-electron chi connectivity index (χ4n) is 1.92. The maximum absolute atomic E-state index is 11.4. The van der Waals surface area contributed by atoms with Gasteiger partial charge in [0.15, 0.2) is 17.6 Å². The number of hydrogen-bond donors (Lipinski definition) is 1. The van der Waals surface area contributed by atoms with Crippen molar-refractivity contribution in [1.29, 1.82) is 0 Å². The molecule has 19 heavy (non-hydrogen) atoms. The summed E-state index contributed by atoms with van der Waals surface area (Å²) in [5, 5.41) is 3.07. The first-order valence-corrected chi connectivity index (χ1v) is 6.79. The summed E-state index contributed by atoms with van der Waals surface area (Å²) in [6.07, 6.45) is 0.00697. The summed E-state index contributed by atoms with van der Waals surface area (Å²) in [6, 6.07) is 3.82. The van der Waals surface area contributed by atoms with Crippen LogP contribution in [0.5, 0.6) is 11.5 Å². The van der Waals surface area contributed by atoms with E-state index in [2.05, 4.69) is 21.2 Å². The molecule has 1 fully saturated rings. The first-order chi connectivity index (χ1) is 9.15. The predicted octanol–water partition coefficient (Wildman–Crippen LogP) is 1.87. The van der Waals surface area contributed by atoms with Gasteiger partial charge < -0.3 is 19.5 Å². The average molecular weight is 330 g/mol. The second kappa shape index (κ2) is 6.25. The van der Waals surface area contributed by atoms with E-state index in [9.17, 15) is 4.79 Å². The Bertz CT molecular complexity index is 478. The molecule has 1 aliphatic heterocycles. The smallest absolute Gasteiger partial charge is 0.347 e. The Hall–Kier alpha value is -1.27. The molecule has 1 N–H and O–H groups in total. The van der Waals surface area contributed by atoms with Crippen molar-refractivity contribution in [3.8, 4) is 11.5 Å². The van der Waals surface area contributed by atoms with E-state index < -0.39 is 6.10 Å². The lowest BCUT2D eigenvalue weighted by molar-refractivity contribution is -0.143. The van der Waals surface area contributed by atoms with Crippen molar-refractivity contribution in [2.45, 2.75) is 19.1 Å². The molecule has 1 aromatic rings. The third-order valence-corrected chi connectivity index (χ3v) is 3.41. The van der Waals surface area contributed by atoms with Gasteiger partial charge in [0.05, 0.1) is 18.2 Å². The van der Waals surface area contributed by atoms with Crippen LogP contribution in [0.3, 0.4) is 0 Å². The molecule has 0 aliphatic carbocycles. The molecule has 5 nitrogen and oxygen atoms in total. The Morgan fingerprint density at radius 3 is 2.89 bits per heavy atom. The van der Waals surface area contributed by atoms with Crippen molar-refractivity contribution in [3.05, 3.63) is 22.2 Å². The lowest BCUT2D eigenvalue weighted by atomic mass is 10.2. The first-order valence-electron chi connectivity index (χ1n) is 6.00. The van der Waals surface area contributed by atoms with E-state index in [1.54, 1.807) is 7.11 Å². The second-order valence-electron chi connectivity index (χ2n) is 4.20. The highest BCUT2D eigenvalue weighted by Gasteiger charge is 2.30. The molecule has 6 heteroatoms. The Balaban J connectivity index is 2.25. The Morgan fingerprint density at radius 1 is 1.53 bits per heavy atom. The maximum Gasteiger partial charge on any atom is 0.347 e. The average Bonchev–Trinajstić information content (AvgIpc) is 2.78. The molecule has 0 saturated carbocycles. The van der Waals surface area contributed by atoms with Gasteiger partial charge in [0.2, 0.25) is 0 Å². The minimum Gasteiger partial charge on any atom is -0.493 e. The summed E-state index contributed by atoms with van der Waals surface area (Å²) in [5.41, 5.74) is 1.06. The van der Waals surface area contributed by atoms with Crippen LogP contribution in [0.4, 0.5) is 0 Å². The van der Waals surface area contributed by atoms with Gasteiger partial charge in [-0.2, -0.15) is 0 Å². The van der Waals surface area contributed by atoms with Crippen LogP contribution >= 0.6 is 15.9 Å². The van der Waals surface area contributed by atoms with Gasteiger partial charge in [-0.05, 0) is 40.7 Å². The molecule has 1 heterocycles. The van der Waals surface area contributed by atoms with Gasteiger partial charge >= 0.3 is 5.97 Å². The van der Waals surface area contributed by atoms with Crippen molar-refractivity contribution >= 4 is 21.9 Å². The van der Waals surface area contributed by atoms with E-state index in [-0.39, 0.29) is 5.97 Å². The lowest BCUT2D eigenvalue weighted by Crippen LogP contribution is -2.22. The van der Waals surface area contributed by atoms with Gasteiger partial charge in [-0.3, -0.25) is 0 Å². The summed E-state index contributed by atoms with van der Waals surface area (Å²) < 4.78 is 16.7. The van der Waals surface area contributed by atoms with Crippen molar-refractivity contribution in [1.82, 2.24) is 5.32 Å². The van der Waals surface area contributed by atoms with Crippen LogP contribution in [0.25, 0.3) is 0 Å². The fraction of sp³-hybridized carbons (Fsp3) is 0.462. The minimum atomic E-state index is -0.555. The first kappa shape index (κ1) is 14.1. The monoisotopic (exact) mass is 329 g/mol. The number of carbonyl (C=O) groups is 1. The molecular weight excluding hydrogens is 314 g/mol. The SMILES string of the molecule is CNCc1cc(Br)c(OC2CCOC2=O)c(OC)c1. The Labute approximate surface area is 120 Å². The predicted molar refractivity (Wildman–Crippen MR) is 73.4 cm³/mol. The molecule has 1 aliphatic rings. The van der Waals surface area contributed by atoms with Gasteiger partial charge in [0.1, 0.15) is 0 Å². The van der Waals surface area contributed by atoms with Crippen LogP contribution in [0, 0.1) is 0 Å². The molecule has 1 atom stereocenters. The highest BCUT2D eigenvalue weighted by Crippen LogP contribution is 2.38. The van der Waals surface area contributed by atoms with Gasteiger partial charge in [-0.15, -0.1) is 0 Å². The molecule has 0 radical (unpaired) electrons. The zero-order chi connectivity index (χ0) is 13.8. The number of hydrogen-bond acceptors (Lipinski definition) is 5. The van der Waals surface area contributed by atoms with Crippen LogP contribution in [0.1, 0.15) is 12.0 Å². The van der Waals surface area contributed by atoms with Gasteiger partial charge in [-0.25, -0.2) is 4.79 Å². The molecule has 0 amide bonds. The highest BCUT2D eigenvalue weighted by atomic mass is 79.9. The van der Waals surface area contributed by atoms with Crippen LogP contribution in [-0.4, -0.2) is 32.8 Å². The zero-order valence-corrected chi connectivity index (χ0v) is 12.5. The topological polar surface area (TPSA) is 56.8 Å². The van der Waals surface area contributed by atoms with Crippen molar-refractivity contribution in [2.75, 3.05) is 20.8 Å². The summed E-state index contributed by atoms with van der Waals surface area (Å²) >= 11 is 3.45. The molecule has 1 unspecified atom stereocenters. The number of carbonyl (C=O) groups excluding carboxylic acids is 1. The number of ether oxygens (including phenoxy) is 3. The fourth-order valence-corrected chi connectivity index (χ4v) is 2.50. The van der Waals surface area contributed by atoms with E-state index in [1.165, 1.54) is 0 Å². The Morgan fingerprint density at radius 2 is 2.32 bits per heavy atom. The van der Waals surface area contributed by atoms with Crippen molar-refractivity contribution in [3.63, 3.8) is 0 Å². The Kier molecular flexibility index (Phi) is 4.66. The number of cyclic esters (lactones) is 1. The quantitative estimate of drug-likeness (QED) is 0.836. The number of methoxy groups -OCH3 is 1. The third kappa shape index (κ3) is 3.19. The number of halogens is 1. The molecule has 0 bridgehead atoms. The molecule has 1 saturated heterocycles. The summed E-state index contributed by atoms with van der Waals surface area (Å²) in [7, 11) is 3.45. The highest BCUT2D eigenvalue weighted by molar-refractivity contribution is 9.10. The zero-order valence-electron chi connectivity index (χ0n) is 10.9. The molecule has 2 rings (SSSR count). The number of nitrogens with one attached hydrogen (secondary N) is 1.